The first kappa shape index (κ1) is 28.2. The molecule has 1 aromatic carbocycles. The molecule has 0 spiro atoms. The maximum atomic E-state index is 12.5. The van der Waals surface area contributed by atoms with Gasteiger partial charge in [-0.15, -0.1) is 0 Å². The maximum absolute atomic E-state index is 12.5. The first-order chi connectivity index (χ1) is 20.4. The van der Waals surface area contributed by atoms with Crippen molar-refractivity contribution in [1.29, 1.82) is 0 Å². The van der Waals surface area contributed by atoms with Crippen molar-refractivity contribution < 1.29 is 14.3 Å². The van der Waals surface area contributed by atoms with Crippen molar-refractivity contribution in [2.24, 2.45) is 0 Å². The predicted octanol–water partition coefficient (Wildman–Crippen LogP) is 4.31. The minimum atomic E-state index is -0.258. The number of hydrogen-bond donors (Lipinski definition) is 0. The van der Waals surface area contributed by atoms with E-state index in [1.54, 1.807) is 4.90 Å². The summed E-state index contributed by atoms with van der Waals surface area (Å²) < 4.78 is 12.1. The van der Waals surface area contributed by atoms with Crippen LogP contribution in [-0.2, 0) is 22.5 Å². The maximum Gasteiger partial charge on any atom is 0.319 e. The second kappa shape index (κ2) is 12.1. The van der Waals surface area contributed by atoms with E-state index in [0.717, 1.165) is 52.9 Å². The molecule has 1 amide bonds. The second-order valence-electron chi connectivity index (χ2n) is 11.1. The highest BCUT2D eigenvalue weighted by Gasteiger charge is 2.35. The van der Waals surface area contributed by atoms with Gasteiger partial charge >= 0.3 is 6.01 Å². The van der Waals surface area contributed by atoms with Gasteiger partial charge in [-0.05, 0) is 38.3 Å². The number of piperazine rings is 1. The fourth-order valence-corrected chi connectivity index (χ4v) is 6.04. The molecule has 42 heavy (non-hydrogen) atoms. The van der Waals surface area contributed by atoms with E-state index >= 15 is 0 Å². The number of carbonyl (C=O) groups is 1. The molecule has 1 aliphatic carbocycles. The Bertz CT molecular complexity index is 1530. The second-order valence-corrected chi connectivity index (χ2v) is 11.5. The molecule has 1 saturated carbocycles. The molecule has 3 aliphatic rings. The molecule has 0 bridgehead atoms. The smallest absolute Gasteiger partial charge is 0.319 e. The molecule has 0 radical (unpaired) electrons. The van der Waals surface area contributed by atoms with Crippen LogP contribution in [0, 0.1) is 6.57 Å². The Hall–Kier alpha value is -3.94. The van der Waals surface area contributed by atoms with Gasteiger partial charge in [-0.3, -0.25) is 9.78 Å². The van der Waals surface area contributed by atoms with Crippen molar-refractivity contribution in [3.05, 3.63) is 70.9 Å². The van der Waals surface area contributed by atoms with Gasteiger partial charge in [0.1, 0.15) is 18.0 Å². The normalized spacial score (nSPS) is 19.3. The monoisotopic (exact) mass is 587 g/mol. The number of rotatable bonds is 9. The Morgan fingerprint density at radius 3 is 2.88 bits per heavy atom. The molecule has 4 heterocycles. The van der Waals surface area contributed by atoms with Crippen LogP contribution >= 0.6 is 11.6 Å². The average molecular weight is 588 g/mol. The molecule has 2 fully saturated rings. The fraction of sp³-hybridized carbons (Fsp3) is 0.452. The number of fused-ring (bicyclic) bond motifs is 2. The third-order valence-corrected chi connectivity index (χ3v) is 8.33. The number of benzene rings is 1. The zero-order chi connectivity index (χ0) is 29.2. The molecule has 1 saturated heterocycles. The summed E-state index contributed by atoms with van der Waals surface area (Å²) in [7, 11) is 0. The Labute approximate surface area is 250 Å². The molecule has 0 N–H and O–H groups in total. The molecule has 11 heteroatoms. The molecule has 3 aromatic rings. The lowest BCUT2D eigenvalue weighted by atomic mass is 10.0. The first-order valence-corrected chi connectivity index (χ1v) is 14.8. The molecule has 218 valence electrons. The lowest BCUT2D eigenvalue weighted by Gasteiger charge is -2.41. The number of carbonyl (C=O) groups excluding carboxylic acids is 1. The Morgan fingerprint density at radius 2 is 2.10 bits per heavy atom. The van der Waals surface area contributed by atoms with Crippen LogP contribution in [0.5, 0.6) is 6.01 Å². The van der Waals surface area contributed by atoms with Gasteiger partial charge in [-0.25, -0.2) is 6.57 Å². The third-order valence-electron chi connectivity index (χ3n) is 8.02. The number of aromatic nitrogens is 3. The highest BCUT2D eigenvalue weighted by molar-refractivity contribution is 6.36. The summed E-state index contributed by atoms with van der Waals surface area (Å²) in [5, 5.41) is 2.64. The van der Waals surface area contributed by atoms with E-state index in [0.29, 0.717) is 56.3 Å². The standard InChI is InChI=1S/C31H34ClN7O3/c1-4-28(40)39-13-12-38(17-22(39)15-33-3)30-24-10-11-37(27-16-34-14-21-6-5-7-25(32)29(21)27)18-26(24)35-31(36-30)42-20(2)19-41-23-8-9-23/h4-7,14,16,20,22-23H,1,8-13,15,17-19H2,2H3/t20-,22+/m1/s1. The minimum Gasteiger partial charge on any atom is -0.458 e. The molecule has 2 atom stereocenters. The number of anilines is 2. The topological polar surface area (TPSA) is 88.3 Å². The predicted molar refractivity (Wildman–Crippen MR) is 162 cm³/mol. The zero-order valence-electron chi connectivity index (χ0n) is 23.7. The summed E-state index contributed by atoms with van der Waals surface area (Å²) in [4.78, 5) is 36.6. The van der Waals surface area contributed by atoms with Crippen molar-refractivity contribution >= 4 is 39.8 Å². The van der Waals surface area contributed by atoms with E-state index in [1.165, 1.54) is 6.08 Å². The Morgan fingerprint density at radius 1 is 1.24 bits per heavy atom. The van der Waals surface area contributed by atoms with Gasteiger partial charge in [0.15, 0.2) is 0 Å². The lowest BCUT2D eigenvalue weighted by Crippen LogP contribution is -2.56. The SMILES string of the molecule is [C-]#[N+]C[C@H]1CN(c2nc(O[C@H](C)COC3CC3)nc3c2CCN(c2cncc4cccc(Cl)c24)C3)CCN1C(=O)C=C. The lowest BCUT2D eigenvalue weighted by molar-refractivity contribution is -0.128. The van der Waals surface area contributed by atoms with Gasteiger partial charge in [0, 0.05) is 48.7 Å². The Kier molecular flexibility index (Phi) is 8.13. The summed E-state index contributed by atoms with van der Waals surface area (Å²) in [6, 6.07) is 5.90. The van der Waals surface area contributed by atoms with Crippen molar-refractivity contribution in [1.82, 2.24) is 19.9 Å². The van der Waals surface area contributed by atoms with Gasteiger partial charge in [-0.1, -0.05) is 30.3 Å². The van der Waals surface area contributed by atoms with Crippen LogP contribution in [0.3, 0.4) is 0 Å². The molecule has 6 rings (SSSR count). The highest BCUT2D eigenvalue weighted by atomic mass is 35.5. The number of hydrogen-bond acceptors (Lipinski definition) is 8. The van der Waals surface area contributed by atoms with Crippen LogP contribution in [-0.4, -0.2) is 83.3 Å². The summed E-state index contributed by atoms with van der Waals surface area (Å²) in [6.45, 7) is 16.6. The summed E-state index contributed by atoms with van der Waals surface area (Å²) >= 11 is 6.66. The highest BCUT2D eigenvalue weighted by Crippen LogP contribution is 2.37. The Balaban J connectivity index is 1.33. The molecule has 10 nitrogen and oxygen atoms in total. The van der Waals surface area contributed by atoms with Crippen LogP contribution < -0.4 is 14.5 Å². The minimum absolute atomic E-state index is 0.153. The van der Waals surface area contributed by atoms with E-state index in [2.05, 4.69) is 26.2 Å². The quantitative estimate of drug-likeness (QED) is 0.270. The van der Waals surface area contributed by atoms with Crippen LogP contribution in [0.2, 0.25) is 5.02 Å². The number of halogens is 1. The van der Waals surface area contributed by atoms with Gasteiger partial charge in [0.25, 0.3) is 0 Å². The summed E-state index contributed by atoms with van der Waals surface area (Å²) in [6.07, 6.45) is 8.04. The van der Waals surface area contributed by atoms with Crippen LogP contribution in [0.4, 0.5) is 11.5 Å². The van der Waals surface area contributed by atoms with Gasteiger partial charge in [0.05, 0.1) is 41.9 Å². The van der Waals surface area contributed by atoms with E-state index in [-0.39, 0.29) is 24.6 Å². The van der Waals surface area contributed by atoms with E-state index in [4.69, 9.17) is 37.6 Å². The van der Waals surface area contributed by atoms with E-state index < -0.39 is 0 Å². The van der Waals surface area contributed by atoms with E-state index in [1.807, 2.05) is 37.5 Å². The number of ether oxygens (including phenoxy) is 2. The number of pyridine rings is 1. The van der Waals surface area contributed by atoms with Gasteiger partial charge < -0.3 is 29.0 Å². The third kappa shape index (κ3) is 5.85. The summed E-state index contributed by atoms with van der Waals surface area (Å²) in [5.41, 5.74) is 2.91. The van der Waals surface area contributed by atoms with E-state index in [9.17, 15) is 4.79 Å². The molecule has 2 aliphatic heterocycles. The van der Waals surface area contributed by atoms with Crippen LogP contribution in [0.15, 0.2) is 43.2 Å². The number of amides is 1. The zero-order valence-corrected chi connectivity index (χ0v) is 24.5. The van der Waals surface area contributed by atoms with Gasteiger partial charge in [-0.2, -0.15) is 9.97 Å². The molecule has 0 unspecified atom stereocenters. The van der Waals surface area contributed by atoms with Crippen LogP contribution in [0.1, 0.15) is 31.0 Å². The molecular formula is C31H34ClN7O3. The largest absolute Gasteiger partial charge is 0.458 e. The molecule has 2 aromatic heterocycles. The first-order valence-electron chi connectivity index (χ1n) is 14.4. The van der Waals surface area contributed by atoms with Crippen LogP contribution in [0.25, 0.3) is 15.6 Å². The van der Waals surface area contributed by atoms with Crippen molar-refractivity contribution in [3.63, 3.8) is 0 Å². The summed E-state index contributed by atoms with van der Waals surface area (Å²) in [5.74, 6) is 0.652. The average Bonchev–Trinajstić information content (AvgIpc) is 3.84. The van der Waals surface area contributed by atoms with Crippen molar-refractivity contribution in [2.75, 3.05) is 49.1 Å². The molecular weight excluding hydrogens is 554 g/mol. The fourth-order valence-electron chi connectivity index (χ4n) is 5.76. The van der Waals surface area contributed by atoms with Crippen molar-refractivity contribution in [3.8, 4) is 6.01 Å². The van der Waals surface area contributed by atoms with Crippen molar-refractivity contribution in [2.45, 2.75) is 51.0 Å². The van der Waals surface area contributed by atoms with Gasteiger partial charge in [0.2, 0.25) is 12.5 Å². The number of nitrogens with zero attached hydrogens (tertiary/aromatic N) is 7.